The van der Waals surface area contributed by atoms with E-state index in [1.807, 2.05) is 0 Å². The molecule has 1 heterocycles. The van der Waals surface area contributed by atoms with Crippen LogP contribution in [0.4, 0.5) is 5.69 Å². The first-order valence-electron chi connectivity index (χ1n) is 7.59. The number of aryl methyl sites for hydroxylation is 1. The van der Waals surface area contributed by atoms with E-state index in [1.54, 1.807) is 11.3 Å². The summed E-state index contributed by atoms with van der Waals surface area (Å²) < 4.78 is 1.34. The molecule has 1 aromatic heterocycles. The normalized spacial score (nSPS) is 12.5. The summed E-state index contributed by atoms with van der Waals surface area (Å²) in [7, 11) is 0. The Morgan fingerprint density at radius 1 is 1.05 bits per heavy atom. The topological polar surface area (TPSA) is 12.0 Å². The molecule has 2 heteroatoms. The minimum Gasteiger partial charge on any atom is -0.379 e. The Balaban J connectivity index is 1.73. The number of thiophene rings is 1. The van der Waals surface area contributed by atoms with E-state index in [1.165, 1.54) is 33.3 Å². The zero-order valence-corrected chi connectivity index (χ0v) is 13.4. The van der Waals surface area contributed by atoms with Crippen molar-refractivity contribution in [2.75, 3.05) is 5.32 Å². The first kappa shape index (κ1) is 14.2. The number of hydrogen-bond acceptors (Lipinski definition) is 2. The number of anilines is 1. The van der Waals surface area contributed by atoms with Gasteiger partial charge in [0.2, 0.25) is 0 Å². The largest absolute Gasteiger partial charge is 0.379 e. The van der Waals surface area contributed by atoms with Gasteiger partial charge in [-0.25, -0.2) is 0 Å². The molecule has 0 aliphatic heterocycles. The Kier molecular flexibility index (Phi) is 4.26. The molecule has 2 aromatic carbocycles. The minimum atomic E-state index is 0.316. The van der Waals surface area contributed by atoms with Gasteiger partial charge in [-0.2, -0.15) is 0 Å². The van der Waals surface area contributed by atoms with Crippen molar-refractivity contribution in [3.63, 3.8) is 0 Å². The van der Waals surface area contributed by atoms with E-state index >= 15 is 0 Å². The molecule has 0 spiro atoms. The molecular formula is C19H21NS. The van der Waals surface area contributed by atoms with Crippen LogP contribution in [-0.4, -0.2) is 0 Å². The van der Waals surface area contributed by atoms with Gasteiger partial charge in [-0.3, -0.25) is 0 Å². The number of hydrogen-bond donors (Lipinski definition) is 1. The molecule has 0 radical (unpaired) electrons. The first-order valence-corrected chi connectivity index (χ1v) is 8.47. The Labute approximate surface area is 130 Å². The van der Waals surface area contributed by atoms with Crippen molar-refractivity contribution in [2.24, 2.45) is 0 Å². The average molecular weight is 295 g/mol. The Hall–Kier alpha value is -1.80. The molecule has 3 aromatic rings. The van der Waals surface area contributed by atoms with Crippen LogP contribution in [0.1, 0.15) is 37.4 Å². The van der Waals surface area contributed by atoms with Crippen molar-refractivity contribution in [3.8, 4) is 0 Å². The summed E-state index contributed by atoms with van der Waals surface area (Å²) in [5.41, 5.74) is 3.94. The summed E-state index contributed by atoms with van der Waals surface area (Å²) in [6.07, 6.45) is 2.37. The van der Waals surface area contributed by atoms with Crippen LogP contribution in [0, 0.1) is 0 Å². The minimum absolute atomic E-state index is 0.316. The summed E-state index contributed by atoms with van der Waals surface area (Å²) in [5.74, 6) is 0. The lowest BCUT2D eigenvalue weighted by molar-refractivity contribution is 0.877. The van der Waals surface area contributed by atoms with Gasteiger partial charge >= 0.3 is 0 Å². The molecule has 0 aliphatic carbocycles. The van der Waals surface area contributed by atoms with E-state index in [2.05, 4.69) is 73.1 Å². The van der Waals surface area contributed by atoms with Crippen molar-refractivity contribution in [1.82, 2.24) is 0 Å². The second-order valence-electron chi connectivity index (χ2n) is 5.53. The summed E-state index contributed by atoms with van der Waals surface area (Å²) in [6.45, 7) is 4.44. The molecule has 108 valence electrons. The number of nitrogens with one attached hydrogen (secondary N) is 1. The lowest BCUT2D eigenvalue weighted by atomic mass is 10.0. The predicted molar refractivity (Wildman–Crippen MR) is 94.3 cm³/mol. The Bertz CT molecular complexity index is 712. The molecule has 3 rings (SSSR count). The predicted octanol–water partition coefficient (Wildman–Crippen LogP) is 6.03. The Morgan fingerprint density at radius 3 is 2.62 bits per heavy atom. The van der Waals surface area contributed by atoms with Crippen molar-refractivity contribution in [1.29, 1.82) is 0 Å². The Morgan fingerprint density at radius 2 is 1.86 bits per heavy atom. The molecule has 21 heavy (non-hydrogen) atoms. The van der Waals surface area contributed by atoms with Crippen molar-refractivity contribution < 1.29 is 0 Å². The van der Waals surface area contributed by atoms with E-state index < -0.39 is 0 Å². The third-order valence-corrected chi connectivity index (χ3v) is 4.75. The fourth-order valence-corrected chi connectivity index (χ4v) is 3.42. The maximum absolute atomic E-state index is 3.60. The van der Waals surface area contributed by atoms with Crippen LogP contribution < -0.4 is 5.32 Å². The highest BCUT2D eigenvalue weighted by molar-refractivity contribution is 7.17. The number of fused-ring (bicyclic) bond motifs is 1. The monoisotopic (exact) mass is 295 g/mol. The van der Waals surface area contributed by atoms with Crippen LogP contribution in [0.3, 0.4) is 0 Å². The molecule has 0 saturated carbocycles. The van der Waals surface area contributed by atoms with Gasteiger partial charge in [-0.15, -0.1) is 11.3 Å². The van der Waals surface area contributed by atoms with Crippen LogP contribution in [-0.2, 0) is 6.42 Å². The second-order valence-corrected chi connectivity index (χ2v) is 6.48. The van der Waals surface area contributed by atoms with Gasteiger partial charge in [0.15, 0.2) is 0 Å². The molecule has 1 N–H and O–H groups in total. The molecular weight excluding hydrogens is 274 g/mol. The van der Waals surface area contributed by atoms with Crippen LogP contribution in [0.2, 0.25) is 0 Å². The second kappa shape index (κ2) is 6.31. The van der Waals surface area contributed by atoms with Gasteiger partial charge in [0.25, 0.3) is 0 Å². The third kappa shape index (κ3) is 3.27. The number of benzene rings is 2. The summed E-state index contributed by atoms with van der Waals surface area (Å²) in [4.78, 5) is 0. The summed E-state index contributed by atoms with van der Waals surface area (Å²) in [5, 5.41) is 7.05. The lowest BCUT2D eigenvalue weighted by Crippen LogP contribution is -2.06. The van der Waals surface area contributed by atoms with Crippen LogP contribution in [0.15, 0.2) is 53.9 Å². The first-order chi connectivity index (χ1) is 10.3. The molecule has 0 saturated heterocycles. The molecule has 1 atom stereocenters. The SMILES string of the molecule is CCCc1ccc(C(C)Nc2ccc3sccc3c2)cc1. The lowest BCUT2D eigenvalue weighted by Gasteiger charge is -2.16. The van der Waals surface area contributed by atoms with Gasteiger partial charge in [-0.1, -0.05) is 37.6 Å². The quantitative estimate of drug-likeness (QED) is 0.606. The van der Waals surface area contributed by atoms with Gasteiger partial charge < -0.3 is 5.32 Å². The smallest absolute Gasteiger partial charge is 0.0485 e. The van der Waals surface area contributed by atoms with E-state index in [-0.39, 0.29) is 0 Å². The van der Waals surface area contributed by atoms with Crippen molar-refractivity contribution in [2.45, 2.75) is 32.7 Å². The molecule has 1 nitrogen and oxygen atoms in total. The van der Waals surface area contributed by atoms with Gasteiger partial charge in [0.05, 0.1) is 0 Å². The van der Waals surface area contributed by atoms with Gasteiger partial charge in [0.1, 0.15) is 0 Å². The van der Waals surface area contributed by atoms with E-state index in [0.717, 1.165) is 6.42 Å². The maximum Gasteiger partial charge on any atom is 0.0485 e. The fourth-order valence-electron chi connectivity index (χ4n) is 2.65. The van der Waals surface area contributed by atoms with Crippen LogP contribution in [0.5, 0.6) is 0 Å². The van der Waals surface area contributed by atoms with Gasteiger partial charge in [0, 0.05) is 16.4 Å². The van der Waals surface area contributed by atoms with Crippen molar-refractivity contribution in [3.05, 3.63) is 65.0 Å². The van der Waals surface area contributed by atoms with E-state index in [0.29, 0.717) is 6.04 Å². The molecule has 0 fully saturated rings. The average Bonchev–Trinajstić information content (AvgIpc) is 2.96. The molecule has 0 bridgehead atoms. The van der Waals surface area contributed by atoms with Crippen molar-refractivity contribution >= 4 is 27.1 Å². The summed E-state index contributed by atoms with van der Waals surface area (Å²) >= 11 is 1.79. The number of rotatable bonds is 5. The van der Waals surface area contributed by atoms with E-state index in [9.17, 15) is 0 Å². The third-order valence-electron chi connectivity index (χ3n) is 3.85. The zero-order valence-electron chi connectivity index (χ0n) is 12.6. The van der Waals surface area contributed by atoms with Crippen LogP contribution >= 0.6 is 11.3 Å². The highest BCUT2D eigenvalue weighted by atomic mass is 32.1. The fraction of sp³-hybridized carbons (Fsp3) is 0.263. The highest BCUT2D eigenvalue weighted by Crippen LogP contribution is 2.26. The van der Waals surface area contributed by atoms with E-state index in [4.69, 9.17) is 0 Å². The maximum atomic E-state index is 3.60. The zero-order chi connectivity index (χ0) is 14.7. The molecule has 0 aliphatic rings. The standard InChI is InChI=1S/C19H21NS/c1-3-4-15-5-7-16(8-6-15)14(2)20-18-9-10-19-17(13-18)11-12-21-19/h5-14,20H,3-4H2,1-2H3. The molecule has 1 unspecified atom stereocenters. The van der Waals surface area contributed by atoms with Crippen LogP contribution in [0.25, 0.3) is 10.1 Å². The summed E-state index contributed by atoms with van der Waals surface area (Å²) in [6, 6.07) is 18.1. The van der Waals surface area contributed by atoms with Gasteiger partial charge in [-0.05, 0) is 59.5 Å². The molecule has 0 amide bonds. The highest BCUT2D eigenvalue weighted by Gasteiger charge is 2.06.